The number of hydrogen-bond donors (Lipinski definition) is 3. The minimum atomic E-state index is -3.65. The van der Waals surface area contributed by atoms with Crippen LogP contribution < -0.4 is 10.0 Å². The zero-order valence-electron chi connectivity index (χ0n) is 12.3. The molecule has 0 radical (unpaired) electrons. The molecule has 0 spiro atoms. The van der Waals surface area contributed by atoms with E-state index in [1.54, 1.807) is 0 Å². The molecule has 1 saturated carbocycles. The van der Waals surface area contributed by atoms with Gasteiger partial charge < -0.3 is 10.4 Å². The summed E-state index contributed by atoms with van der Waals surface area (Å²) in [5.41, 5.74) is 0.0283. The van der Waals surface area contributed by atoms with E-state index in [4.69, 9.17) is 0 Å². The van der Waals surface area contributed by atoms with Gasteiger partial charge in [-0.3, -0.25) is 0 Å². The quantitative estimate of drug-likeness (QED) is 0.773. The van der Waals surface area contributed by atoms with Crippen molar-refractivity contribution in [1.82, 2.24) is 4.72 Å². The first kappa shape index (κ1) is 15.8. The van der Waals surface area contributed by atoms with Crippen LogP contribution in [-0.4, -0.2) is 31.1 Å². The van der Waals surface area contributed by atoms with Crippen molar-refractivity contribution in [2.24, 2.45) is 0 Å². The molecule has 0 aliphatic heterocycles. The number of sulfonamides is 1. The number of aromatic carboxylic acids is 1. The van der Waals surface area contributed by atoms with Gasteiger partial charge in [0.15, 0.2) is 0 Å². The molecule has 0 aromatic heterocycles. The molecule has 0 bridgehead atoms. The number of anilines is 1. The van der Waals surface area contributed by atoms with Crippen molar-refractivity contribution in [2.45, 2.75) is 50.1 Å². The summed E-state index contributed by atoms with van der Waals surface area (Å²) in [4.78, 5) is 11.3. The van der Waals surface area contributed by atoms with Crippen LogP contribution in [0.25, 0.3) is 0 Å². The van der Waals surface area contributed by atoms with Gasteiger partial charge in [0.05, 0.1) is 10.5 Å². The summed E-state index contributed by atoms with van der Waals surface area (Å²) in [6.45, 7) is 5.70. The fourth-order valence-electron chi connectivity index (χ4n) is 1.87. The molecule has 0 unspecified atom stereocenters. The number of carboxylic acids is 1. The third-order valence-electron chi connectivity index (χ3n) is 2.94. The first-order chi connectivity index (χ1) is 9.58. The molecular formula is C14H20N2O4S. The summed E-state index contributed by atoms with van der Waals surface area (Å²) in [5, 5.41) is 12.4. The van der Waals surface area contributed by atoms with Crippen LogP contribution in [-0.2, 0) is 10.0 Å². The Hall–Kier alpha value is -1.60. The van der Waals surface area contributed by atoms with Gasteiger partial charge in [-0.2, -0.15) is 0 Å². The molecule has 7 heteroatoms. The summed E-state index contributed by atoms with van der Waals surface area (Å²) in [7, 11) is -3.65. The van der Waals surface area contributed by atoms with Crippen LogP contribution in [0.4, 0.5) is 5.69 Å². The monoisotopic (exact) mass is 312 g/mol. The second kappa shape index (κ2) is 5.31. The molecule has 0 heterocycles. The van der Waals surface area contributed by atoms with Crippen molar-refractivity contribution in [3.8, 4) is 0 Å². The number of benzene rings is 1. The molecule has 116 valence electrons. The van der Waals surface area contributed by atoms with Gasteiger partial charge in [-0.1, -0.05) is 0 Å². The van der Waals surface area contributed by atoms with E-state index in [0.29, 0.717) is 5.69 Å². The highest BCUT2D eigenvalue weighted by atomic mass is 32.2. The third-order valence-corrected chi connectivity index (χ3v) is 4.46. The fourth-order valence-corrected chi connectivity index (χ4v) is 3.20. The zero-order chi connectivity index (χ0) is 15.8. The van der Waals surface area contributed by atoms with Crippen molar-refractivity contribution in [3.63, 3.8) is 0 Å². The number of carboxylic acid groups (broad SMARTS) is 1. The SMILES string of the molecule is CC(C)(C)Nc1ccc(S(=O)(=O)NC2CC2)cc1C(=O)O. The number of carbonyl (C=O) groups is 1. The molecule has 0 amide bonds. The topological polar surface area (TPSA) is 95.5 Å². The molecule has 0 saturated heterocycles. The Bertz CT molecular complexity index is 658. The highest BCUT2D eigenvalue weighted by Crippen LogP contribution is 2.26. The van der Waals surface area contributed by atoms with Crippen molar-refractivity contribution >= 4 is 21.7 Å². The zero-order valence-corrected chi connectivity index (χ0v) is 13.1. The number of rotatable bonds is 5. The maximum absolute atomic E-state index is 12.1. The molecule has 1 aromatic carbocycles. The second-order valence-electron chi connectivity index (χ2n) is 6.28. The molecule has 3 N–H and O–H groups in total. The van der Waals surface area contributed by atoms with Gasteiger partial charge in [0.1, 0.15) is 0 Å². The summed E-state index contributed by atoms with van der Waals surface area (Å²) < 4.78 is 26.8. The smallest absolute Gasteiger partial charge is 0.337 e. The maximum Gasteiger partial charge on any atom is 0.337 e. The van der Waals surface area contributed by atoms with Gasteiger partial charge in [-0.05, 0) is 51.8 Å². The summed E-state index contributed by atoms with van der Waals surface area (Å²) in [6.07, 6.45) is 1.66. The first-order valence-electron chi connectivity index (χ1n) is 6.76. The van der Waals surface area contributed by atoms with Crippen LogP contribution in [0.1, 0.15) is 44.0 Å². The Labute approximate surface area is 124 Å². The highest BCUT2D eigenvalue weighted by Gasteiger charge is 2.29. The number of nitrogens with one attached hydrogen (secondary N) is 2. The molecule has 1 aromatic rings. The lowest BCUT2D eigenvalue weighted by atomic mass is 10.1. The van der Waals surface area contributed by atoms with Crippen LogP contribution in [0.3, 0.4) is 0 Å². The van der Waals surface area contributed by atoms with Crippen molar-refractivity contribution in [1.29, 1.82) is 0 Å². The minimum Gasteiger partial charge on any atom is -0.478 e. The Kier molecular flexibility index (Phi) is 3.99. The van der Waals surface area contributed by atoms with Gasteiger partial charge in [-0.15, -0.1) is 0 Å². The van der Waals surface area contributed by atoms with E-state index in [1.807, 2.05) is 20.8 Å². The van der Waals surface area contributed by atoms with Gasteiger partial charge in [0, 0.05) is 17.3 Å². The molecule has 0 atom stereocenters. The van der Waals surface area contributed by atoms with Crippen LogP contribution in [0.15, 0.2) is 23.1 Å². The predicted molar refractivity (Wildman–Crippen MR) is 80.1 cm³/mol. The minimum absolute atomic E-state index is 0.0179. The normalized spacial score (nSPS) is 15.8. The van der Waals surface area contributed by atoms with E-state index < -0.39 is 16.0 Å². The summed E-state index contributed by atoms with van der Waals surface area (Å²) in [6, 6.07) is 4.10. The molecule has 21 heavy (non-hydrogen) atoms. The van der Waals surface area contributed by atoms with Gasteiger partial charge in [0.2, 0.25) is 10.0 Å². The highest BCUT2D eigenvalue weighted by molar-refractivity contribution is 7.89. The van der Waals surface area contributed by atoms with Crippen LogP contribution in [0.2, 0.25) is 0 Å². The average molecular weight is 312 g/mol. The van der Waals surface area contributed by atoms with Crippen molar-refractivity contribution in [3.05, 3.63) is 23.8 Å². The van der Waals surface area contributed by atoms with E-state index in [9.17, 15) is 18.3 Å². The Morgan fingerprint density at radius 3 is 2.38 bits per heavy atom. The third kappa shape index (κ3) is 4.18. The molecular weight excluding hydrogens is 292 g/mol. The maximum atomic E-state index is 12.1. The Balaban J connectivity index is 2.38. The van der Waals surface area contributed by atoms with Gasteiger partial charge >= 0.3 is 5.97 Å². The lowest BCUT2D eigenvalue weighted by Gasteiger charge is -2.23. The van der Waals surface area contributed by atoms with E-state index in [0.717, 1.165) is 12.8 Å². The van der Waals surface area contributed by atoms with Crippen LogP contribution in [0, 0.1) is 0 Å². The lowest BCUT2D eigenvalue weighted by Crippen LogP contribution is -2.28. The Morgan fingerprint density at radius 2 is 1.90 bits per heavy atom. The summed E-state index contributed by atoms with van der Waals surface area (Å²) >= 11 is 0. The molecule has 2 rings (SSSR count). The lowest BCUT2D eigenvalue weighted by molar-refractivity contribution is 0.0697. The van der Waals surface area contributed by atoms with Gasteiger partial charge in [-0.25, -0.2) is 17.9 Å². The summed E-state index contributed by atoms with van der Waals surface area (Å²) in [5.74, 6) is -1.16. The van der Waals surface area contributed by atoms with Crippen LogP contribution >= 0.6 is 0 Å². The molecule has 6 nitrogen and oxygen atoms in total. The van der Waals surface area contributed by atoms with E-state index in [1.165, 1.54) is 18.2 Å². The fraction of sp³-hybridized carbons (Fsp3) is 0.500. The van der Waals surface area contributed by atoms with Crippen molar-refractivity contribution < 1.29 is 18.3 Å². The largest absolute Gasteiger partial charge is 0.478 e. The van der Waals surface area contributed by atoms with Gasteiger partial charge in [0.25, 0.3) is 0 Å². The van der Waals surface area contributed by atoms with E-state index in [2.05, 4.69) is 10.0 Å². The number of hydrogen-bond acceptors (Lipinski definition) is 4. The van der Waals surface area contributed by atoms with Crippen LogP contribution in [0.5, 0.6) is 0 Å². The Morgan fingerprint density at radius 1 is 1.29 bits per heavy atom. The average Bonchev–Trinajstić information content (AvgIpc) is 3.10. The second-order valence-corrected chi connectivity index (χ2v) is 8.00. The van der Waals surface area contributed by atoms with E-state index >= 15 is 0 Å². The molecule has 1 aliphatic carbocycles. The van der Waals surface area contributed by atoms with Crippen molar-refractivity contribution in [2.75, 3.05) is 5.32 Å². The molecule has 1 fully saturated rings. The first-order valence-corrected chi connectivity index (χ1v) is 8.25. The molecule has 1 aliphatic rings. The van der Waals surface area contributed by atoms with E-state index in [-0.39, 0.29) is 22.0 Å². The standard InChI is InChI=1S/C14H20N2O4S/c1-14(2,3)15-12-7-6-10(8-11(12)13(17)18)21(19,20)16-9-4-5-9/h6-9,15-16H,4-5H2,1-3H3,(H,17,18). The predicted octanol–water partition coefficient (Wildman–Crippen LogP) is 2.04.